The van der Waals surface area contributed by atoms with Crippen molar-refractivity contribution in [2.75, 3.05) is 0 Å². The molecule has 1 heterocycles. The number of alkyl halides is 3. The van der Waals surface area contributed by atoms with Crippen molar-refractivity contribution in [3.8, 4) is 0 Å². The summed E-state index contributed by atoms with van der Waals surface area (Å²) in [4.78, 5) is 12.1. The minimum Gasteiger partial charge on any atom is -0.347 e. The van der Waals surface area contributed by atoms with Gasteiger partial charge in [-0.05, 0) is 39.5 Å². The van der Waals surface area contributed by atoms with E-state index in [-0.39, 0.29) is 17.2 Å². The van der Waals surface area contributed by atoms with Crippen LogP contribution in [-0.4, -0.2) is 16.1 Å². The number of nitrogens with zero attached hydrogens (tertiary/aromatic N) is 1. The SMILES string of the molecule is CC(C)c1[nH]nc(C(=O)NCc2ccc(F)cc2C(F)(F)F)c1Br. The van der Waals surface area contributed by atoms with Crippen molar-refractivity contribution >= 4 is 21.8 Å². The van der Waals surface area contributed by atoms with Crippen molar-refractivity contribution in [1.82, 2.24) is 15.5 Å². The molecule has 9 heteroatoms. The molecular formula is C15H14BrF4N3O. The summed E-state index contributed by atoms with van der Waals surface area (Å²) in [6.07, 6.45) is -4.71. The number of benzene rings is 1. The maximum absolute atomic E-state index is 13.1. The topological polar surface area (TPSA) is 57.8 Å². The van der Waals surface area contributed by atoms with Crippen molar-refractivity contribution in [2.24, 2.45) is 0 Å². The van der Waals surface area contributed by atoms with E-state index in [1.807, 2.05) is 13.8 Å². The average molecular weight is 408 g/mol. The molecule has 0 saturated carbocycles. The molecule has 2 aromatic rings. The second kappa shape index (κ2) is 6.92. The normalized spacial score (nSPS) is 11.8. The van der Waals surface area contributed by atoms with Crippen LogP contribution in [0.3, 0.4) is 0 Å². The monoisotopic (exact) mass is 407 g/mol. The third-order valence-corrected chi connectivity index (χ3v) is 4.14. The molecule has 1 aromatic heterocycles. The minimum absolute atomic E-state index is 0.0503. The maximum Gasteiger partial charge on any atom is 0.416 e. The van der Waals surface area contributed by atoms with Crippen LogP contribution in [0.15, 0.2) is 22.7 Å². The lowest BCUT2D eigenvalue weighted by molar-refractivity contribution is -0.138. The molecule has 0 saturated heterocycles. The van der Waals surface area contributed by atoms with E-state index in [0.29, 0.717) is 16.2 Å². The van der Waals surface area contributed by atoms with Gasteiger partial charge in [0.1, 0.15) is 5.82 Å². The molecule has 0 aliphatic rings. The zero-order valence-electron chi connectivity index (χ0n) is 12.8. The molecule has 2 N–H and O–H groups in total. The molecule has 1 amide bonds. The Kier molecular flexibility index (Phi) is 5.32. The summed E-state index contributed by atoms with van der Waals surface area (Å²) in [5, 5.41) is 8.94. The Morgan fingerprint density at radius 3 is 2.58 bits per heavy atom. The van der Waals surface area contributed by atoms with Crippen LogP contribution in [0.5, 0.6) is 0 Å². The first-order chi connectivity index (χ1) is 11.1. The second-order valence-electron chi connectivity index (χ2n) is 5.44. The van der Waals surface area contributed by atoms with Crippen molar-refractivity contribution in [2.45, 2.75) is 32.5 Å². The third-order valence-electron chi connectivity index (χ3n) is 3.34. The van der Waals surface area contributed by atoms with Crippen molar-refractivity contribution in [3.05, 3.63) is 51.0 Å². The predicted octanol–water partition coefficient (Wildman–Crippen LogP) is 4.38. The van der Waals surface area contributed by atoms with E-state index in [1.54, 1.807) is 0 Å². The minimum atomic E-state index is -4.71. The molecule has 2 rings (SSSR count). The highest BCUT2D eigenvalue weighted by Gasteiger charge is 2.33. The molecule has 0 unspecified atom stereocenters. The molecule has 24 heavy (non-hydrogen) atoms. The molecule has 0 aliphatic carbocycles. The van der Waals surface area contributed by atoms with Crippen LogP contribution in [0.4, 0.5) is 17.6 Å². The number of rotatable bonds is 4. The van der Waals surface area contributed by atoms with Crippen LogP contribution in [-0.2, 0) is 12.7 Å². The summed E-state index contributed by atoms with van der Waals surface area (Å²) < 4.78 is 52.3. The largest absolute Gasteiger partial charge is 0.416 e. The van der Waals surface area contributed by atoms with Crippen molar-refractivity contribution in [1.29, 1.82) is 0 Å². The Labute approximate surface area is 143 Å². The standard InChI is InChI=1S/C15H14BrF4N3O/c1-7(2)12-11(16)13(23-22-12)14(24)21-6-8-3-4-9(17)5-10(8)15(18,19)20/h3-5,7H,6H2,1-2H3,(H,21,24)(H,22,23). The number of nitrogens with one attached hydrogen (secondary N) is 2. The highest BCUT2D eigenvalue weighted by Crippen LogP contribution is 2.32. The fourth-order valence-electron chi connectivity index (χ4n) is 2.10. The number of carbonyl (C=O) groups is 1. The highest BCUT2D eigenvalue weighted by atomic mass is 79.9. The Balaban J connectivity index is 2.18. The second-order valence-corrected chi connectivity index (χ2v) is 6.23. The van der Waals surface area contributed by atoms with Gasteiger partial charge in [-0.2, -0.15) is 18.3 Å². The summed E-state index contributed by atoms with van der Waals surface area (Å²) >= 11 is 3.25. The number of halogens is 5. The first-order valence-corrected chi connectivity index (χ1v) is 7.78. The first-order valence-electron chi connectivity index (χ1n) is 6.98. The van der Waals surface area contributed by atoms with E-state index in [2.05, 4.69) is 31.4 Å². The van der Waals surface area contributed by atoms with E-state index in [4.69, 9.17) is 0 Å². The Morgan fingerprint density at radius 2 is 2.04 bits per heavy atom. The average Bonchev–Trinajstić information content (AvgIpc) is 2.86. The highest BCUT2D eigenvalue weighted by molar-refractivity contribution is 9.10. The van der Waals surface area contributed by atoms with Gasteiger partial charge in [0.15, 0.2) is 5.69 Å². The summed E-state index contributed by atoms with van der Waals surface area (Å²) in [6, 6.07) is 2.32. The van der Waals surface area contributed by atoms with Gasteiger partial charge in [0.25, 0.3) is 5.91 Å². The molecular weight excluding hydrogens is 394 g/mol. The number of aromatic nitrogens is 2. The smallest absolute Gasteiger partial charge is 0.347 e. The van der Waals surface area contributed by atoms with Gasteiger partial charge in [0, 0.05) is 6.54 Å². The fourth-order valence-corrected chi connectivity index (χ4v) is 2.92. The van der Waals surface area contributed by atoms with Gasteiger partial charge < -0.3 is 5.32 Å². The predicted molar refractivity (Wildman–Crippen MR) is 82.9 cm³/mol. The first kappa shape index (κ1) is 18.4. The Hall–Kier alpha value is -1.90. The fraction of sp³-hybridized carbons (Fsp3) is 0.333. The van der Waals surface area contributed by atoms with Gasteiger partial charge >= 0.3 is 6.18 Å². The number of carbonyl (C=O) groups excluding carboxylic acids is 1. The van der Waals surface area contributed by atoms with E-state index in [1.165, 1.54) is 0 Å². The van der Waals surface area contributed by atoms with Crippen LogP contribution in [0.1, 0.15) is 47.1 Å². The molecule has 0 bridgehead atoms. The lowest BCUT2D eigenvalue weighted by Crippen LogP contribution is -2.25. The summed E-state index contributed by atoms with van der Waals surface area (Å²) in [7, 11) is 0. The number of aromatic amines is 1. The molecule has 1 aromatic carbocycles. The van der Waals surface area contributed by atoms with E-state index in [0.717, 1.165) is 12.1 Å². The van der Waals surface area contributed by atoms with Gasteiger partial charge in [-0.15, -0.1) is 0 Å². The molecule has 0 radical (unpaired) electrons. The number of H-pyrrole nitrogens is 1. The number of hydrogen-bond acceptors (Lipinski definition) is 2. The molecule has 0 spiro atoms. The molecule has 0 aliphatic heterocycles. The summed E-state index contributed by atoms with van der Waals surface area (Å²) in [5.41, 5.74) is -0.591. The third kappa shape index (κ3) is 3.95. The van der Waals surface area contributed by atoms with Gasteiger partial charge in [-0.25, -0.2) is 4.39 Å². The van der Waals surface area contributed by atoms with Crippen molar-refractivity contribution < 1.29 is 22.4 Å². The quantitative estimate of drug-likeness (QED) is 0.738. The molecule has 130 valence electrons. The molecule has 4 nitrogen and oxygen atoms in total. The van der Waals surface area contributed by atoms with Gasteiger partial charge in [0.05, 0.1) is 15.7 Å². The van der Waals surface area contributed by atoms with Gasteiger partial charge in [0.2, 0.25) is 0 Å². The zero-order chi connectivity index (χ0) is 18.1. The zero-order valence-corrected chi connectivity index (χ0v) is 14.3. The molecule has 0 atom stereocenters. The van der Waals surface area contributed by atoms with Crippen LogP contribution < -0.4 is 5.32 Å². The van der Waals surface area contributed by atoms with Crippen LogP contribution in [0.2, 0.25) is 0 Å². The van der Waals surface area contributed by atoms with E-state index in [9.17, 15) is 22.4 Å². The number of hydrogen-bond donors (Lipinski definition) is 2. The Bertz CT molecular complexity index is 756. The summed E-state index contributed by atoms with van der Waals surface area (Å²) in [6.45, 7) is 3.40. The number of amides is 1. The lowest BCUT2D eigenvalue weighted by Gasteiger charge is -2.13. The van der Waals surface area contributed by atoms with E-state index >= 15 is 0 Å². The van der Waals surface area contributed by atoms with Crippen LogP contribution >= 0.6 is 15.9 Å². The lowest BCUT2D eigenvalue weighted by atomic mass is 10.1. The van der Waals surface area contributed by atoms with Crippen molar-refractivity contribution in [3.63, 3.8) is 0 Å². The maximum atomic E-state index is 13.1. The Morgan fingerprint density at radius 1 is 1.38 bits per heavy atom. The molecule has 0 fully saturated rings. The summed E-state index contributed by atoms with van der Waals surface area (Å²) in [5.74, 6) is -1.54. The van der Waals surface area contributed by atoms with Crippen LogP contribution in [0.25, 0.3) is 0 Å². The van der Waals surface area contributed by atoms with Gasteiger partial charge in [-0.3, -0.25) is 9.89 Å². The van der Waals surface area contributed by atoms with Gasteiger partial charge in [-0.1, -0.05) is 19.9 Å². The van der Waals surface area contributed by atoms with E-state index < -0.39 is 30.0 Å². The van der Waals surface area contributed by atoms with Crippen LogP contribution in [0, 0.1) is 5.82 Å².